The number of rotatable bonds is 5. The molecule has 0 spiro atoms. The highest BCUT2D eigenvalue weighted by Gasteiger charge is 1.96. The first kappa shape index (κ1) is 12.4. The summed E-state index contributed by atoms with van der Waals surface area (Å²) >= 11 is 0. The summed E-state index contributed by atoms with van der Waals surface area (Å²) in [5.41, 5.74) is 2.18. The quantitative estimate of drug-likeness (QED) is 0.756. The molecule has 2 rings (SSSR count). The largest absolute Gasteiger partial charge is 0.490 e. The Balaban J connectivity index is 1.74. The normalized spacial score (nSPS) is 10.1. The number of hydrogen-bond donors (Lipinski definition) is 0. The number of aromatic nitrogens is 1. The molecule has 18 heavy (non-hydrogen) atoms. The maximum absolute atomic E-state index is 5.59. The second kappa shape index (κ2) is 6.05. The second-order valence-electron chi connectivity index (χ2n) is 4.15. The zero-order valence-electron chi connectivity index (χ0n) is 10.7. The molecule has 3 heteroatoms. The zero-order valence-corrected chi connectivity index (χ0v) is 10.7. The summed E-state index contributed by atoms with van der Waals surface area (Å²) in [6, 6.07) is 11.8. The van der Waals surface area contributed by atoms with E-state index in [2.05, 4.69) is 4.98 Å². The van der Waals surface area contributed by atoms with E-state index in [0.717, 1.165) is 17.2 Å². The lowest BCUT2D eigenvalue weighted by molar-refractivity contribution is 0.216. The van der Waals surface area contributed by atoms with Gasteiger partial charge in [-0.05, 0) is 43.7 Å². The van der Waals surface area contributed by atoms with Crippen LogP contribution in [0.2, 0.25) is 0 Å². The topological polar surface area (TPSA) is 31.4 Å². The molecule has 0 saturated carbocycles. The molecule has 1 aromatic heterocycles. The maximum Gasteiger partial charge on any atom is 0.137 e. The van der Waals surface area contributed by atoms with Gasteiger partial charge >= 0.3 is 0 Å². The molecule has 0 atom stereocenters. The van der Waals surface area contributed by atoms with E-state index in [1.54, 1.807) is 6.20 Å². The van der Waals surface area contributed by atoms with Crippen molar-refractivity contribution in [2.75, 3.05) is 13.2 Å². The molecular formula is C15H17NO2. The average molecular weight is 243 g/mol. The Kier molecular flexibility index (Phi) is 4.18. The van der Waals surface area contributed by atoms with Gasteiger partial charge < -0.3 is 9.47 Å². The lowest BCUT2D eigenvalue weighted by Gasteiger charge is -2.08. The Labute approximate surface area is 107 Å². The Morgan fingerprint density at radius 3 is 2.39 bits per heavy atom. The minimum atomic E-state index is 0.513. The van der Waals surface area contributed by atoms with Crippen LogP contribution in [0.25, 0.3) is 0 Å². The Bertz CT molecular complexity index is 494. The number of hydrogen-bond acceptors (Lipinski definition) is 3. The van der Waals surface area contributed by atoms with Crippen LogP contribution in [0.4, 0.5) is 0 Å². The van der Waals surface area contributed by atoms with Crippen LogP contribution in [0.15, 0.2) is 42.6 Å². The van der Waals surface area contributed by atoms with Crippen LogP contribution in [-0.4, -0.2) is 18.2 Å². The predicted molar refractivity (Wildman–Crippen MR) is 71.1 cm³/mol. The molecule has 0 aliphatic carbocycles. The molecule has 0 bridgehead atoms. The summed E-state index contributed by atoms with van der Waals surface area (Å²) in [6.07, 6.45) is 1.72. The van der Waals surface area contributed by atoms with Crippen LogP contribution >= 0.6 is 0 Å². The lowest BCUT2D eigenvalue weighted by Crippen LogP contribution is -2.09. The summed E-state index contributed by atoms with van der Waals surface area (Å²) in [6.45, 7) is 5.03. The molecule has 2 aromatic rings. The standard InChI is InChI=1S/C15H17NO2/c1-12-4-3-5-14(10-12)17-8-9-18-15-7-6-13(2)16-11-15/h3-7,10-11H,8-9H2,1-2H3. The van der Waals surface area contributed by atoms with E-state index in [-0.39, 0.29) is 0 Å². The summed E-state index contributed by atoms with van der Waals surface area (Å²) in [5, 5.41) is 0. The van der Waals surface area contributed by atoms with E-state index in [0.29, 0.717) is 13.2 Å². The van der Waals surface area contributed by atoms with Crippen LogP contribution in [0.3, 0.4) is 0 Å². The molecule has 0 aliphatic rings. The number of pyridine rings is 1. The number of nitrogens with zero attached hydrogens (tertiary/aromatic N) is 1. The molecule has 0 amide bonds. The fourth-order valence-corrected chi connectivity index (χ4v) is 1.56. The van der Waals surface area contributed by atoms with Crippen molar-refractivity contribution < 1.29 is 9.47 Å². The maximum atomic E-state index is 5.59. The lowest BCUT2D eigenvalue weighted by atomic mass is 10.2. The highest BCUT2D eigenvalue weighted by Crippen LogP contribution is 2.12. The van der Waals surface area contributed by atoms with Gasteiger partial charge in [0.25, 0.3) is 0 Å². The fraction of sp³-hybridized carbons (Fsp3) is 0.267. The minimum absolute atomic E-state index is 0.513. The molecule has 0 unspecified atom stereocenters. The average Bonchev–Trinajstić information content (AvgIpc) is 2.37. The van der Waals surface area contributed by atoms with Gasteiger partial charge in [0.15, 0.2) is 0 Å². The molecule has 94 valence electrons. The van der Waals surface area contributed by atoms with Crippen molar-refractivity contribution in [3.63, 3.8) is 0 Å². The Morgan fingerprint density at radius 2 is 1.72 bits per heavy atom. The van der Waals surface area contributed by atoms with Crippen molar-refractivity contribution in [3.8, 4) is 11.5 Å². The molecule has 0 N–H and O–H groups in total. The molecule has 1 aromatic carbocycles. The number of aryl methyl sites for hydroxylation is 2. The van der Waals surface area contributed by atoms with E-state index in [4.69, 9.17) is 9.47 Å². The van der Waals surface area contributed by atoms with Crippen molar-refractivity contribution in [2.24, 2.45) is 0 Å². The summed E-state index contributed by atoms with van der Waals surface area (Å²) in [4.78, 5) is 4.16. The fourth-order valence-electron chi connectivity index (χ4n) is 1.56. The van der Waals surface area contributed by atoms with Crippen molar-refractivity contribution in [1.82, 2.24) is 4.98 Å². The summed E-state index contributed by atoms with van der Waals surface area (Å²) < 4.78 is 11.1. The van der Waals surface area contributed by atoms with Gasteiger partial charge in [0.2, 0.25) is 0 Å². The summed E-state index contributed by atoms with van der Waals surface area (Å²) in [5.74, 6) is 1.65. The van der Waals surface area contributed by atoms with Gasteiger partial charge in [-0.15, -0.1) is 0 Å². The van der Waals surface area contributed by atoms with Gasteiger partial charge in [0.1, 0.15) is 24.7 Å². The third kappa shape index (κ3) is 3.77. The highest BCUT2D eigenvalue weighted by atomic mass is 16.5. The van der Waals surface area contributed by atoms with Gasteiger partial charge in [0, 0.05) is 5.69 Å². The first-order valence-corrected chi connectivity index (χ1v) is 5.99. The highest BCUT2D eigenvalue weighted by molar-refractivity contribution is 5.27. The Hall–Kier alpha value is -2.03. The van der Waals surface area contributed by atoms with E-state index in [1.807, 2.05) is 50.2 Å². The van der Waals surface area contributed by atoms with E-state index < -0.39 is 0 Å². The van der Waals surface area contributed by atoms with Crippen molar-refractivity contribution in [1.29, 1.82) is 0 Å². The summed E-state index contributed by atoms with van der Waals surface area (Å²) in [7, 11) is 0. The molecule has 3 nitrogen and oxygen atoms in total. The molecular weight excluding hydrogens is 226 g/mol. The van der Waals surface area contributed by atoms with Crippen LogP contribution in [0, 0.1) is 13.8 Å². The molecule has 0 saturated heterocycles. The zero-order chi connectivity index (χ0) is 12.8. The molecule has 0 aliphatic heterocycles. The molecule has 0 radical (unpaired) electrons. The smallest absolute Gasteiger partial charge is 0.137 e. The third-order valence-electron chi connectivity index (χ3n) is 2.49. The number of ether oxygens (including phenoxy) is 2. The van der Waals surface area contributed by atoms with E-state index in [1.165, 1.54) is 5.56 Å². The van der Waals surface area contributed by atoms with E-state index >= 15 is 0 Å². The molecule has 0 fully saturated rings. The first-order valence-electron chi connectivity index (χ1n) is 5.99. The molecule has 1 heterocycles. The number of benzene rings is 1. The van der Waals surface area contributed by atoms with Gasteiger partial charge in [0.05, 0.1) is 6.20 Å². The monoisotopic (exact) mass is 243 g/mol. The minimum Gasteiger partial charge on any atom is -0.490 e. The van der Waals surface area contributed by atoms with Crippen LogP contribution < -0.4 is 9.47 Å². The van der Waals surface area contributed by atoms with Gasteiger partial charge in [-0.3, -0.25) is 4.98 Å². The van der Waals surface area contributed by atoms with Crippen LogP contribution in [0.1, 0.15) is 11.3 Å². The van der Waals surface area contributed by atoms with Crippen molar-refractivity contribution >= 4 is 0 Å². The van der Waals surface area contributed by atoms with E-state index in [9.17, 15) is 0 Å². The van der Waals surface area contributed by atoms with Crippen molar-refractivity contribution in [3.05, 3.63) is 53.9 Å². The Morgan fingerprint density at radius 1 is 0.944 bits per heavy atom. The second-order valence-corrected chi connectivity index (χ2v) is 4.15. The van der Waals surface area contributed by atoms with Gasteiger partial charge in [-0.25, -0.2) is 0 Å². The van der Waals surface area contributed by atoms with Crippen LogP contribution in [0.5, 0.6) is 11.5 Å². The van der Waals surface area contributed by atoms with Gasteiger partial charge in [-0.2, -0.15) is 0 Å². The first-order chi connectivity index (χ1) is 8.74. The van der Waals surface area contributed by atoms with Crippen molar-refractivity contribution in [2.45, 2.75) is 13.8 Å². The predicted octanol–water partition coefficient (Wildman–Crippen LogP) is 3.16. The van der Waals surface area contributed by atoms with Gasteiger partial charge in [-0.1, -0.05) is 12.1 Å². The third-order valence-corrected chi connectivity index (χ3v) is 2.49. The SMILES string of the molecule is Cc1cccc(OCCOc2ccc(C)nc2)c1. The van der Waals surface area contributed by atoms with Crippen LogP contribution in [-0.2, 0) is 0 Å².